The predicted molar refractivity (Wildman–Crippen MR) is 129 cm³/mol. The summed E-state index contributed by atoms with van der Waals surface area (Å²) in [5.41, 5.74) is 1.91. The zero-order valence-electron chi connectivity index (χ0n) is 18.1. The molecule has 33 heavy (non-hydrogen) atoms. The number of piperazine rings is 1. The molecule has 1 amide bonds. The Kier molecular flexibility index (Phi) is 7.45. The first-order chi connectivity index (χ1) is 15.9. The second kappa shape index (κ2) is 10.5. The van der Waals surface area contributed by atoms with E-state index in [0.29, 0.717) is 37.7 Å². The van der Waals surface area contributed by atoms with Gasteiger partial charge in [0, 0.05) is 37.7 Å². The lowest BCUT2D eigenvalue weighted by atomic mass is 10.0. The Labute approximate surface area is 199 Å². The van der Waals surface area contributed by atoms with Gasteiger partial charge < -0.3 is 5.32 Å². The molecule has 0 aromatic heterocycles. The van der Waals surface area contributed by atoms with Crippen molar-refractivity contribution in [1.82, 2.24) is 14.5 Å². The number of nitrogens with one attached hydrogen (secondary N) is 1. The van der Waals surface area contributed by atoms with Gasteiger partial charge >= 0.3 is 0 Å². The quantitative estimate of drug-likeness (QED) is 0.556. The maximum absolute atomic E-state index is 13.3. The lowest BCUT2D eigenvalue weighted by Crippen LogP contribution is -2.52. The van der Waals surface area contributed by atoms with Crippen LogP contribution in [0.5, 0.6) is 0 Å². The molecule has 0 unspecified atom stereocenters. The van der Waals surface area contributed by atoms with Crippen LogP contribution >= 0.6 is 11.6 Å². The second-order valence-electron chi connectivity index (χ2n) is 7.91. The van der Waals surface area contributed by atoms with Gasteiger partial charge in [-0.2, -0.15) is 4.31 Å². The van der Waals surface area contributed by atoms with E-state index >= 15 is 0 Å². The Hall–Kier alpha value is -2.71. The van der Waals surface area contributed by atoms with Gasteiger partial charge in [0.25, 0.3) is 0 Å². The number of rotatable bonds is 7. The Morgan fingerprint density at radius 3 is 2.03 bits per heavy atom. The fourth-order valence-electron chi connectivity index (χ4n) is 4.00. The van der Waals surface area contributed by atoms with Gasteiger partial charge in [0.2, 0.25) is 15.9 Å². The lowest BCUT2D eigenvalue weighted by molar-refractivity contribution is -0.127. The molecule has 0 saturated carbocycles. The van der Waals surface area contributed by atoms with E-state index in [1.807, 2.05) is 65.6 Å². The van der Waals surface area contributed by atoms with Crippen LogP contribution in [0.1, 0.15) is 17.2 Å². The topological polar surface area (TPSA) is 69.7 Å². The van der Waals surface area contributed by atoms with Crippen molar-refractivity contribution < 1.29 is 13.2 Å². The van der Waals surface area contributed by atoms with E-state index in [-0.39, 0.29) is 10.8 Å². The summed E-state index contributed by atoms with van der Waals surface area (Å²) in [6, 6.07) is 25.1. The molecule has 1 N–H and O–H groups in total. The zero-order chi connectivity index (χ0) is 23.3. The number of sulfonamides is 1. The van der Waals surface area contributed by atoms with Crippen LogP contribution in [-0.4, -0.2) is 49.7 Å². The predicted octanol–water partition coefficient (Wildman–Crippen LogP) is 3.70. The number of amides is 1. The minimum absolute atomic E-state index is 0.0981. The number of hydrogen-bond donors (Lipinski definition) is 1. The highest BCUT2D eigenvalue weighted by molar-refractivity contribution is 7.89. The van der Waals surface area contributed by atoms with Crippen molar-refractivity contribution in [3.05, 3.63) is 101 Å². The minimum atomic E-state index is -3.61. The fourth-order valence-corrected chi connectivity index (χ4v) is 5.55. The van der Waals surface area contributed by atoms with E-state index in [1.165, 1.54) is 16.4 Å². The molecule has 1 heterocycles. The molecule has 1 aliphatic heterocycles. The number of benzene rings is 3. The van der Waals surface area contributed by atoms with Crippen LogP contribution in [0.4, 0.5) is 0 Å². The van der Waals surface area contributed by atoms with Gasteiger partial charge in [0.15, 0.2) is 0 Å². The Morgan fingerprint density at radius 1 is 0.848 bits per heavy atom. The van der Waals surface area contributed by atoms with E-state index in [9.17, 15) is 13.2 Å². The molecule has 1 aliphatic rings. The number of nitrogens with zero attached hydrogens (tertiary/aromatic N) is 2. The first kappa shape index (κ1) is 23.4. The largest absolute Gasteiger partial charge is 0.350 e. The molecule has 6 nitrogen and oxygen atoms in total. The number of carbonyl (C=O) groups is 1. The van der Waals surface area contributed by atoms with E-state index in [1.54, 1.807) is 12.1 Å². The molecular weight excluding hydrogens is 458 g/mol. The lowest BCUT2D eigenvalue weighted by Gasteiger charge is -2.38. The summed E-state index contributed by atoms with van der Waals surface area (Å²) >= 11 is 5.90. The molecule has 1 atom stereocenters. The summed E-state index contributed by atoms with van der Waals surface area (Å²) in [7, 11) is -3.61. The maximum atomic E-state index is 13.3. The highest BCUT2D eigenvalue weighted by atomic mass is 35.5. The zero-order valence-corrected chi connectivity index (χ0v) is 19.7. The first-order valence-electron chi connectivity index (χ1n) is 10.8. The molecule has 3 aromatic carbocycles. The van der Waals surface area contributed by atoms with Crippen molar-refractivity contribution in [2.75, 3.05) is 26.2 Å². The number of carbonyl (C=O) groups excluding carboxylic acids is 1. The number of halogens is 1. The first-order valence-corrected chi connectivity index (χ1v) is 12.6. The minimum Gasteiger partial charge on any atom is -0.350 e. The van der Waals surface area contributed by atoms with Crippen LogP contribution < -0.4 is 5.32 Å². The summed E-state index contributed by atoms with van der Waals surface area (Å²) in [6.45, 7) is 1.95. The van der Waals surface area contributed by atoms with Crippen LogP contribution in [0.2, 0.25) is 5.02 Å². The van der Waals surface area contributed by atoms with Crippen molar-refractivity contribution >= 4 is 27.5 Å². The average molecular weight is 484 g/mol. The molecule has 0 bridgehead atoms. The van der Waals surface area contributed by atoms with Crippen molar-refractivity contribution in [3.8, 4) is 0 Å². The molecular formula is C25H26ClN3O3S. The van der Waals surface area contributed by atoms with Crippen LogP contribution in [0, 0.1) is 0 Å². The Morgan fingerprint density at radius 2 is 1.42 bits per heavy atom. The van der Waals surface area contributed by atoms with Gasteiger partial charge in [-0.25, -0.2) is 8.42 Å². The van der Waals surface area contributed by atoms with E-state index in [0.717, 1.165) is 11.1 Å². The van der Waals surface area contributed by atoms with Crippen molar-refractivity contribution in [3.63, 3.8) is 0 Å². The summed E-state index contributed by atoms with van der Waals surface area (Å²) in [4.78, 5) is 15.5. The highest BCUT2D eigenvalue weighted by Gasteiger charge is 2.34. The Bertz CT molecular complexity index is 1160. The summed E-state index contributed by atoms with van der Waals surface area (Å²) in [5, 5.41) is 3.53. The molecule has 1 fully saturated rings. The normalized spacial score (nSPS) is 16.3. The van der Waals surface area contributed by atoms with Crippen LogP contribution in [0.3, 0.4) is 0 Å². The smallest absolute Gasteiger partial charge is 0.243 e. The van der Waals surface area contributed by atoms with Crippen molar-refractivity contribution in [2.24, 2.45) is 0 Å². The molecule has 1 saturated heterocycles. The van der Waals surface area contributed by atoms with Gasteiger partial charge in [-0.1, -0.05) is 72.3 Å². The summed E-state index contributed by atoms with van der Waals surface area (Å²) in [5.74, 6) is -0.0981. The van der Waals surface area contributed by atoms with Crippen LogP contribution in [0.25, 0.3) is 0 Å². The fraction of sp³-hybridized carbons (Fsp3) is 0.240. The van der Waals surface area contributed by atoms with Crippen LogP contribution in [0.15, 0.2) is 89.8 Å². The average Bonchev–Trinajstić information content (AvgIpc) is 2.85. The van der Waals surface area contributed by atoms with E-state index < -0.39 is 16.1 Å². The van der Waals surface area contributed by atoms with Crippen molar-refractivity contribution in [1.29, 1.82) is 0 Å². The third kappa shape index (κ3) is 5.62. The van der Waals surface area contributed by atoms with E-state index in [2.05, 4.69) is 5.32 Å². The second-order valence-corrected chi connectivity index (χ2v) is 10.3. The summed E-state index contributed by atoms with van der Waals surface area (Å²) in [6.07, 6.45) is 0. The third-order valence-corrected chi connectivity index (χ3v) is 7.93. The highest BCUT2D eigenvalue weighted by Crippen LogP contribution is 2.25. The molecule has 0 aliphatic carbocycles. The monoisotopic (exact) mass is 483 g/mol. The molecule has 0 radical (unpaired) electrons. The maximum Gasteiger partial charge on any atom is 0.243 e. The summed E-state index contributed by atoms with van der Waals surface area (Å²) < 4.78 is 27.5. The van der Waals surface area contributed by atoms with Gasteiger partial charge in [-0.05, 0) is 35.4 Å². The standard InChI is InChI=1S/C25H26ClN3O3S/c26-22-11-13-23(14-12-22)33(31,32)29-17-15-28(16-18-29)24(21-9-5-2-6-10-21)25(30)27-19-20-7-3-1-4-8-20/h1-14,24H,15-19H2,(H,27,30)/t24-/m0/s1. The molecule has 8 heteroatoms. The number of hydrogen-bond acceptors (Lipinski definition) is 4. The Balaban J connectivity index is 1.47. The van der Waals surface area contributed by atoms with Gasteiger partial charge in [-0.15, -0.1) is 0 Å². The van der Waals surface area contributed by atoms with Gasteiger partial charge in [0.05, 0.1) is 4.90 Å². The SMILES string of the molecule is O=C(NCc1ccccc1)[C@H](c1ccccc1)N1CCN(S(=O)(=O)c2ccc(Cl)cc2)CC1. The molecule has 0 spiro atoms. The van der Waals surface area contributed by atoms with Gasteiger partial charge in [-0.3, -0.25) is 9.69 Å². The van der Waals surface area contributed by atoms with Crippen molar-refractivity contribution in [2.45, 2.75) is 17.5 Å². The van der Waals surface area contributed by atoms with E-state index in [4.69, 9.17) is 11.6 Å². The van der Waals surface area contributed by atoms with Gasteiger partial charge in [0.1, 0.15) is 6.04 Å². The molecule has 4 rings (SSSR count). The third-order valence-electron chi connectivity index (χ3n) is 5.76. The molecule has 172 valence electrons. The van der Waals surface area contributed by atoms with Crippen LogP contribution in [-0.2, 0) is 21.4 Å². The molecule has 3 aromatic rings.